The van der Waals surface area contributed by atoms with Gasteiger partial charge < -0.3 is 25.0 Å². The minimum absolute atomic E-state index is 0.106. The minimum atomic E-state index is 0.106. The van der Waals surface area contributed by atoms with E-state index in [9.17, 15) is 0 Å². The van der Waals surface area contributed by atoms with Gasteiger partial charge in [0.05, 0.1) is 13.2 Å². The normalized spacial score (nSPS) is 18.2. The molecule has 0 saturated carbocycles. The molecule has 6 nitrogen and oxygen atoms in total. The standard InChI is InChI=1S/C18H38N4O2/c1-6-19-17(20-10-14-23-11-7-16(2)3)21-15-18(22(4)5)8-12-24-13-9-18/h16H,6-15H2,1-5H3,(H2,19,20,21). The van der Waals surface area contributed by atoms with Gasteiger partial charge in [-0.05, 0) is 46.2 Å². The molecule has 1 saturated heterocycles. The first-order valence-corrected chi connectivity index (χ1v) is 9.35. The van der Waals surface area contributed by atoms with Crippen LogP contribution in [0.1, 0.15) is 40.0 Å². The van der Waals surface area contributed by atoms with E-state index in [4.69, 9.17) is 14.5 Å². The van der Waals surface area contributed by atoms with E-state index in [1.807, 2.05) is 0 Å². The molecular weight excluding hydrogens is 304 g/mol. The van der Waals surface area contributed by atoms with Gasteiger partial charge in [0.25, 0.3) is 0 Å². The van der Waals surface area contributed by atoms with Crippen molar-refractivity contribution in [1.29, 1.82) is 0 Å². The number of aliphatic imine (C=N–C) groups is 1. The quantitative estimate of drug-likeness (QED) is 0.360. The molecule has 0 aromatic heterocycles. The Labute approximate surface area is 148 Å². The first-order valence-electron chi connectivity index (χ1n) is 9.35. The molecule has 0 radical (unpaired) electrons. The van der Waals surface area contributed by atoms with Gasteiger partial charge in [-0.15, -0.1) is 0 Å². The van der Waals surface area contributed by atoms with Gasteiger partial charge >= 0.3 is 0 Å². The lowest BCUT2D eigenvalue weighted by Gasteiger charge is -2.41. The fourth-order valence-corrected chi connectivity index (χ4v) is 2.73. The van der Waals surface area contributed by atoms with Gasteiger partial charge in [0, 0.05) is 38.4 Å². The zero-order valence-corrected chi connectivity index (χ0v) is 16.4. The van der Waals surface area contributed by atoms with Gasteiger partial charge in [-0.3, -0.25) is 4.99 Å². The summed E-state index contributed by atoms with van der Waals surface area (Å²) < 4.78 is 11.2. The maximum Gasteiger partial charge on any atom is 0.191 e. The Morgan fingerprint density at radius 1 is 1.21 bits per heavy atom. The second kappa shape index (κ2) is 11.7. The third-order valence-electron chi connectivity index (χ3n) is 4.63. The Balaban J connectivity index is 2.43. The molecule has 0 unspecified atom stereocenters. The van der Waals surface area contributed by atoms with Crippen LogP contribution in [0.2, 0.25) is 0 Å². The third kappa shape index (κ3) is 7.81. The van der Waals surface area contributed by atoms with Crippen molar-refractivity contribution in [3.63, 3.8) is 0 Å². The summed E-state index contributed by atoms with van der Waals surface area (Å²) in [4.78, 5) is 7.12. The van der Waals surface area contributed by atoms with E-state index in [1.165, 1.54) is 0 Å². The second-order valence-corrected chi connectivity index (χ2v) is 7.15. The largest absolute Gasteiger partial charge is 0.381 e. The molecular formula is C18H38N4O2. The van der Waals surface area contributed by atoms with Crippen LogP contribution in [-0.4, -0.2) is 76.6 Å². The molecule has 0 amide bonds. The molecule has 0 aromatic carbocycles. The van der Waals surface area contributed by atoms with Crippen LogP contribution in [0.25, 0.3) is 0 Å². The van der Waals surface area contributed by atoms with Crippen LogP contribution in [0.15, 0.2) is 4.99 Å². The lowest BCUT2D eigenvalue weighted by atomic mass is 9.89. The smallest absolute Gasteiger partial charge is 0.191 e. The van der Waals surface area contributed by atoms with E-state index in [1.54, 1.807) is 0 Å². The first kappa shape index (κ1) is 21.2. The highest BCUT2D eigenvalue weighted by Gasteiger charge is 2.34. The zero-order valence-electron chi connectivity index (χ0n) is 16.4. The summed E-state index contributed by atoms with van der Waals surface area (Å²) in [5.41, 5.74) is 0.106. The van der Waals surface area contributed by atoms with E-state index in [-0.39, 0.29) is 5.54 Å². The first-order chi connectivity index (χ1) is 11.5. The van der Waals surface area contributed by atoms with Gasteiger partial charge in [0.2, 0.25) is 0 Å². The molecule has 0 spiro atoms. The molecule has 142 valence electrons. The molecule has 0 aromatic rings. The monoisotopic (exact) mass is 342 g/mol. The van der Waals surface area contributed by atoms with Crippen molar-refractivity contribution in [2.45, 2.75) is 45.6 Å². The van der Waals surface area contributed by atoms with Gasteiger partial charge in [0.1, 0.15) is 0 Å². The number of nitrogens with zero attached hydrogens (tertiary/aromatic N) is 2. The van der Waals surface area contributed by atoms with Crippen molar-refractivity contribution in [3.8, 4) is 0 Å². The number of rotatable bonds is 10. The summed E-state index contributed by atoms with van der Waals surface area (Å²) >= 11 is 0. The van der Waals surface area contributed by atoms with E-state index >= 15 is 0 Å². The molecule has 6 heteroatoms. The number of hydrogen-bond donors (Lipinski definition) is 2. The van der Waals surface area contributed by atoms with Crippen molar-refractivity contribution in [1.82, 2.24) is 15.5 Å². The lowest BCUT2D eigenvalue weighted by Crippen LogP contribution is -2.51. The maximum absolute atomic E-state index is 5.66. The van der Waals surface area contributed by atoms with Crippen LogP contribution in [0.4, 0.5) is 0 Å². The van der Waals surface area contributed by atoms with Crippen molar-refractivity contribution in [2.75, 3.05) is 60.2 Å². The SMILES string of the molecule is CCNC(=NCC1(N(C)C)CCOCC1)NCCOCCC(C)C. The highest BCUT2D eigenvalue weighted by molar-refractivity contribution is 5.79. The number of guanidine groups is 1. The Kier molecular flexibility index (Phi) is 10.3. The summed E-state index contributed by atoms with van der Waals surface area (Å²) in [5, 5.41) is 6.69. The summed E-state index contributed by atoms with van der Waals surface area (Å²) in [6, 6.07) is 0. The predicted molar refractivity (Wildman–Crippen MR) is 101 cm³/mol. The molecule has 1 rings (SSSR count). The highest BCUT2D eigenvalue weighted by Crippen LogP contribution is 2.26. The van der Waals surface area contributed by atoms with Crippen LogP contribution in [0, 0.1) is 5.92 Å². The lowest BCUT2D eigenvalue weighted by molar-refractivity contribution is -0.00255. The summed E-state index contributed by atoms with van der Waals surface area (Å²) in [6.07, 6.45) is 3.17. The van der Waals surface area contributed by atoms with E-state index < -0.39 is 0 Å². The molecule has 1 aliphatic rings. The fraction of sp³-hybridized carbons (Fsp3) is 0.944. The molecule has 1 heterocycles. The molecule has 1 aliphatic heterocycles. The highest BCUT2D eigenvalue weighted by atomic mass is 16.5. The maximum atomic E-state index is 5.66. The summed E-state index contributed by atoms with van der Waals surface area (Å²) in [6.45, 7) is 12.1. The number of ether oxygens (including phenoxy) is 2. The van der Waals surface area contributed by atoms with E-state index in [2.05, 4.69) is 50.4 Å². The molecule has 0 atom stereocenters. The van der Waals surface area contributed by atoms with E-state index in [0.29, 0.717) is 12.5 Å². The predicted octanol–water partition coefficient (Wildman–Crippen LogP) is 1.72. The topological polar surface area (TPSA) is 58.1 Å². The minimum Gasteiger partial charge on any atom is -0.381 e. The van der Waals surface area contributed by atoms with Gasteiger partial charge in [-0.25, -0.2) is 0 Å². The second-order valence-electron chi connectivity index (χ2n) is 7.15. The van der Waals surface area contributed by atoms with E-state index in [0.717, 1.165) is 64.7 Å². The zero-order chi connectivity index (χ0) is 17.8. The average Bonchev–Trinajstić information content (AvgIpc) is 2.56. The van der Waals surface area contributed by atoms with Crippen molar-refractivity contribution in [2.24, 2.45) is 10.9 Å². The third-order valence-corrected chi connectivity index (χ3v) is 4.63. The Hall–Kier alpha value is -0.850. The Morgan fingerprint density at radius 3 is 2.50 bits per heavy atom. The van der Waals surface area contributed by atoms with Crippen LogP contribution in [-0.2, 0) is 9.47 Å². The number of hydrogen-bond acceptors (Lipinski definition) is 4. The summed E-state index contributed by atoms with van der Waals surface area (Å²) in [5.74, 6) is 1.57. The number of nitrogens with one attached hydrogen (secondary N) is 2. The van der Waals surface area contributed by atoms with Crippen molar-refractivity contribution in [3.05, 3.63) is 0 Å². The number of likely N-dealkylation sites (N-methyl/N-ethyl adjacent to an activating group) is 1. The van der Waals surface area contributed by atoms with Crippen molar-refractivity contribution < 1.29 is 9.47 Å². The molecule has 1 fully saturated rings. The van der Waals surface area contributed by atoms with Gasteiger partial charge in [-0.1, -0.05) is 13.8 Å². The average molecular weight is 343 g/mol. The van der Waals surface area contributed by atoms with Gasteiger partial charge in [0.15, 0.2) is 5.96 Å². The van der Waals surface area contributed by atoms with Crippen molar-refractivity contribution >= 4 is 5.96 Å². The van der Waals surface area contributed by atoms with Crippen LogP contribution < -0.4 is 10.6 Å². The Bertz CT molecular complexity index is 353. The van der Waals surface area contributed by atoms with Crippen LogP contribution in [0.3, 0.4) is 0 Å². The Morgan fingerprint density at radius 2 is 1.92 bits per heavy atom. The molecule has 24 heavy (non-hydrogen) atoms. The molecule has 0 aliphatic carbocycles. The summed E-state index contributed by atoms with van der Waals surface area (Å²) in [7, 11) is 4.29. The van der Waals surface area contributed by atoms with Crippen LogP contribution >= 0.6 is 0 Å². The molecule has 2 N–H and O–H groups in total. The van der Waals surface area contributed by atoms with Gasteiger partial charge in [-0.2, -0.15) is 0 Å². The molecule has 0 bridgehead atoms. The van der Waals surface area contributed by atoms with Crippen LogP contribution in [0.5, 0.6) is 0 Å². The fourth-order valence-electron chi connectivity index (χ4n) is 2.73.